The minimum atomic E-state index is -0.642. The van der Waals surface area contributed by atoms with Crippen LogP contribution in [0.2, 0.25) is 0 Å². The molecule has 0 aromatic heterocycles. The van der Waals surface area contributed by atoms with Crippen LogP contribution in [0.5, 0.6) is 0 Å². The van der Waals surface area contributed by atoms with Crippen LogP contribution in [0.15, 0.2) is 0 Å². The normalized spacial score (nSPS) is 17.2. The smallest absolute Gasteiger partial charge is 0.309 e. The predicted octanol–water partition coefficient (Wildman–Crippen LogP) is 14.2. The fourth-order valence-corrected chi connectivity index (χ4v) is 7.90. The van der Waals surface area contributed by atoms with E-state index in [1.165, 1.54) is 161 Å². The number of hydrogen-bond donors (Lipinski definition) is 0. The van der Waals surface area contributed by atoms with Gasteiger partial charge in [-0.1, -0.05) is 207 Å². The first-order valence-electron chi connectivity index (χ1n) is 23.5. The highest BCUT2D eigenvalue weighted by Crippen LogP contribution is 2.36. The molecular weight excluding hydrogens is 661 g/mol. The van der Waals surface area contributed by atoms with Gasteiger partial charge in [0.15, 0.2) is 0 Å². The molecule has 1 fully saturated rings. The van der Waals surface area contributed by atoms with Gasteiger partial charge in [0.05, 0.1) is 37.6 Å². The van der Waals surface area contributed by atoms with E-state index < -0.39 is 11.8 Å². The topological polar surface area (TPSA) is 78.9 Å². The van der Waals surface area contributed by atoms with Gasteiger partial charge in [-0.3, -0.25) is 14.4 Å². The Kier molecular flexibility index (Phi) is 34.8. The number of rotatable bonds is 38. The van der Waals surface area contributed by atoms with Crippen LogP contribution in [0.3, 0.4) is 0 Å². The minimum Gasteiger partial charge on any atom is -0.465 e. The maximum atomic E-state index is 13.4. The first-order valence-corrected chi connectivity index (χ1v) is 23.5. The molecule has 0 spiro atoms. The molecule has 6 nitrogen and oxygen atoms in total. The zero-order valence-electron chi connectivity index (χ0n) is 35.6. The van der Waals surface area contributed by atoms with E-state index >= 15 is 0 Å². The quantitative estimate of drug-likeness (QED) is 0.0355. The van der Waals surface area contributed by atoms with Crippen LogP contribution < -0.4 is 0 Å². The van der Waals surface area contributed by atoms with Crippen LogP contribution in [-0.2, 0) is 28.6 Å². The predicted molar refractivity (Wildman–Crippen MR) is 222 cm³/mol. The summed E-state index contributed by atoms with van der Waals surface area (Å²) < 4.78 is 17.2. The second-order valence-electron chi connectivity index (χ2n) is 16.5. The van der Waals surface area contributed by atoms with Gasteiger partial charge in [0.25, 0.3) is 0 Å². The highest BCUT2D eigenvalue weighted by molar-refractivity contribution is 5.83. The Bertz CT molecular complexity index is 843. The third kappa shape index (κ3) is 28.5. The molecule has 312 valence electrons. The summed E-state index contributed by atoms with van der Waals surface area (Å²) in [6.07, 6.45) is 41.0. The summed E-state index contributed by atoms with van der Waals surface area (Å²) in [7, 11) is 0. The molecule has 0 aromatic rings. The van der Waals surface area contributed by atoms with Crippen LogP contribution in [0.1, 0.15) is 245 Å². The summed E-state index contributed by atoms with van der Waals surface area (Å²) in [5, 5.41) is 0. The van der Waals surface area contributed by atoms with Gasteiger partial charge in [0.2, 0.25) is 0 Å². The molecule has 0 N–H and O–H groups in total. The highest BCUT2D eigenvalue weighted by Gasteiger charge is 2.43. The van der Waals surface area contributed by atoms with E-state index in [9.17, 15) is 14.4 Å². The van der Waals surface area contributed by atoms with Gasteiger partial charge in [-0.2, -0.15) is 0 Å². The van der Waals surface area contributed by atoms with Crippen LogP contribution in [-0.4, -0.2) is 37.7 Å². The fraction of sp³-hybridized carbons (Fsp3) is 0.936. The lowest BCUT2D eigenvalue weighted by Crippen LogP contribution is -2.40. The van der Waals surface area contributed by atoms with Crippen molar-refractivity contribution >= 4 is 17.9 Å². The molecule has 0 heterocycles. The largest absolute Gasteiger partial charge is 0.465 e. The molecular formula is C47H88O6. The van der Waals surface area contributed by atoms with E-state index in [1.54, 1.807) is 0 Å². The lowest BCUT2D eigenvalue weighted by Gasteiger charge is -2.32. The van der Waals surface area contributed by atoms with E-state index in [0.717, 1.165) is 44.9 Å². The van der Waals surface area contributed by atoms with Gasteiger partial charge in [-0.15, -0.1) is 0 Å². The molecule has 0 bridgehead atoms. The average Bonchev–Trinajstić information content (AvgIpc) is 3.17. The number of ether oxygens (including phenoxy) is 3. The Morgan fingerprint density at radius 1 is 0.340 bits per heavy atom. The van der Waals surface area contributed by atoms with Gasteiger partial charge in [0.1, 0.15) is 0 Å². The molecule has 0 aliphatic heterocycles. The molecule has 1 aliphatic carbocycles. The number of esters is 3. The second-order valence-corrected chi connectivity index (χ2v) is 16.5. The van der Waals surface area contributed by atoms with Gasteiger partial charge in [-0.05, 0) is 38.5 Å². The summed E-state index contributed by atoms with van der Waals surface area (Å²) in [6, 6.07) is 0. The Morgan fingerprint density at radius 2 is 0.604 bits per heavy atom. The van der Waals surface area contributed by atoms with Crippen LogP contribution in [0, 0.1) is 17.8 Å². The van der Waals surface area contributed by atoms with E-state index in [-0.39, 0.29) is 23.8 Å². The molecule has 0 aromatic carbocycles. The Hall–Kier alpha value is -1.59. The van der Waals surface area contributed by atoms with Crippen LogP contribution >= 0.6 is 0 Å². The van der Waals surface area contributed by atoms with Gasteiger partial charge >= 0.3 is 17.9 Å². The van der Waals surface area contributed by atoms with Crippen LogP contribution in [0.4, 0.5) is 0 Å². The van der Waals surface area contributed by atoms with Crippen molar-refractivity contribution in [2.75, 3.05) is 19.8 Å². The van der Waals surface area contributed by atoms with Crippen molar-refractivity contribution in [2.45, 2.75) is 245 Å². The van der Waals surface area contributed by atoms with Crippen molar-refractivity contribution < 1.29 is 28.6 Å². The zero-order chi connectivity index (χ0) is 38.5. The summed E-state index contributed by atoms with van der Waals surface area (Å²) in [6.45, 7) is 7.98. The molecule has 1 rings (SSSR count). The lowest BCUT2D eigenvalue weighted by atomic mass is 9.74. The Labute approximate surface area is 328 Å². The average molecular weight is 749 g/mol. The third-order valence-corrected chi connectivity index (χ3v) is 11.5. The molecule has 3 atom stereocenters. The van der Waals surface area contributed by atoms with Crippen molar-refractivity contribution in [1.29, 1.82) is 0 Å². The Morgan fingerprint density at radius 3 is 0.925 bits per heavy atom. The highest BCUT2D eigenvalue weighted by atomic mass is 16.5. The monoisotopic (exact) mass is 749 g/mol. The number of hydrogen-bond acceptors (Lipinski definition) is 6. The zero-order valence-corrected chi connectivity index (χ0v) is 35.6. The molecule has 0 amide bonds. The number of carbonyl (C=O) groups excluding carboxylic acids is 3. The summed E-state index contributed by atoms with van der Waals surface area (Å²) in [4.78, 5) is 39.8. The first-order chi connectivity index (χ1) is 26.0. The number of unbranched alkanes of at least 4 members (excludes halogenated alkanes) is 29. The molecule has 0 radical (unpaired) electrons. The fourth-order valence-electron chi connectivity index (χ4n) is 7.90. The van der Waals surface area contributed by atoms with Crippen molar-refractivity contribution in [3.8, 4) is 0 Å². The molecule has 0 saturated heterocycles. The van der Waals surface area contributed by atoms with Gasteiger partial charge in [-0.25, -0.2) is 0 Å². The molecule has 6 heteroatoms. The van der Waals surface area contributed by atoms with Crippen molar-refractivity contribution in [1.82, 2.24) is 0 Å². The van der Waals surface area contributed by atoms with Gasteiger partial charge in [0, 0.05) is 0 Å². The van der Waals surface area contributed by atoms with Crippen molar-refractivity contribution in [3.05, 3.63) is 0 Å². The van der Waals surface area contributed by atoms with Crippen molar-refractivity contribution in [2.24, 2.45) is 17.8 Å². The summed E-state index contributed by atoms with van der Waals surface area (Å²) in [5.74, 6) is -2.42. The summed E-state index contributed by atoms with van der Waals surface area (Å²) >= 11 is 0. The molecule has 1 saturated carbocycles. The second kappa shape index (κ2) is 37.3. The third-order valence-electron chi connectivity index (χ3n) is 11.5. The minimum absolute atomic E-state index is 0.225. The van der Waals surface area contributed by atoms with E-state index in [2.05, 4.69) is 20.8 Å². The standard InChI is InChI=1S/C47H88O6/c1-4-7-10-13-16-19-22-25-28-31-34-39-52-46(49)43-37-36-42(45(48)51-38-33-30-27-24-21-18-15-12-9-6-3)41-44(43)47(50)53-40-35-32-29-26-23-20-17-14-11-8-5-2/h42-44H,4-41H2,1-3H3. The lowest BCUT2D eigenvalue weighted by molar-refractivity contribution is -0.167. The van der Waals surface area contributed by atoms with E-state index in [1.807, 2.05) is 0 Å². The number of carbonyl (C=O) groups is 3. The maximum Gasteiger partial charge on any atom is 0.309 e. The molecule has 53 heavy (non-hydrogen) atoms. The molecule has 3 unspecified atom stereocenters. The summed E-state index contributed by atoms with van der Waals surface area (Å²) in [5.41, 5.74) is 0. The van der Waals surface area contributed by atoms with Crippen LogP contribution in [0.25, 0.3) is 0 Å². The molecule has 1 aliphatic rings. The van der Waals surface area contributed by atoms with Crippen molar-refractivity contribution in [3.63, 3.8) is 0 Å². The van der Waals surface area contributed by atoms with Gasteiger partial charge < -0.3 is 14.2 Å². The SMILES string of the molecule is CCCCCCCCCCCCCOC(=O)C1CCC(C(=O)OCCCCCCCCCCCC)CC1C(=O)OCCCCCCCCCCCCC. The first kappa shape index (κ1) is 49.4. The Balaban J connectivity index is 2.43. The maximum absolute atomic E-state index is 13.4. The van der Waals surface area contributed by atoms with E-state index in [4.69, 9.17) is 14.2 Å². The van der Waals surface area contributed by atoms with E-state index in [0.29, 0.717) is 39.1 Å².